The minimum absolute atomic E-state index is 0.0982. The van der Waals surface area contributed by atoms with Crippen molar-refractivity contribution in [3.8, 4) is 0 Å². The second-order valence-corrected chi connectivity index (χ2v) is 5.71. The Morgan fingerprint density at radius 2 is 2.20 bits per heavy atom. The van der Waals surface area contributed by atoms with E-state index in [0.717, 1.165) is 10.0 Å². The molecule has 2 amide bonds. The van der Waals surface area contributed by atoms with Crippen LogP contribution in [-0.4, -0.2) is 49.4 Å². The van der Waals surface area contributed by atoms with Gasteiger partial charge >= 0.3 is 0 Å². The Morgan fingerprint density at radius 3 is 2.90 bits per heavy atom. The molecule has 1 saturated heterocycles. The minimum atomic E-state index is -0.459. The van der Waals surface area contributed by atoms with Crippen molar-refractivity contribution < 1.29 is 9.59 Å². The fourth-order valence-electron chi connectivity index (χ4n) is 2.33. The summed E-state index contributed by atoms with van der Waals surface area (Å²) < 4.78 is 0.859. The number of carbonyl (C=O) groups is 2. The summed E-state index contributed by atoms with van der Waals surface area (Å²) in [6.45, 7) is 3.62. The molecule has 1 aliphatic rings. The fourth-order valence-corrected chi connectivity index (χ4v) is 2.69. The molecule has 1 heterocycles. The third kappa shape index (κ3) is 3.02. The number of aryl methyl sites for hydroxylation is 1. The summed E-state index contributed by atoms with van der Waals surface area (Å²) in [5.41, 5.74) is 1.54. The molecular formula is C14H18BrN3O2. The van der Waals surface area contributed by atoms with Gasteiger partial charge in [0, 0.05) is 36.7 Å². The smallest absolute Gasteiger partial charge is 0.254 e. The Morgan fingerprint density at radius 1 is 1.45 bits per heavy atom. The van der Waals surface area contributed by atoms with Crippen LogP contribution in [0.1, 0.15) is 15.9 Å². The number of carbonyl (C=O) groups excluding carboxylic acids is 2. The zero-order valence-electron chi connectivity index (χ0n) is 11.6. The number of nitrogens with one attached hydrogen (secondary N) is 2. The first kappa shape index (κ1) is 15.0. The molecule has 1 fully saturated rings. The van der Waals surface area contributed by atoms with E-state index in [1.165, 1.54) is 0 Å². The van der Waals surface area contributed by atoms with Crippen molar-refractivity contribution in [3.05, 3.63) is 33.8 Å². The highest BCUT2D eigenvalue weighted by atomic mass is 79.9. The molecule has 0 bridgehead atoms. The Balaban J connectivity index is 2.30. The molecule has 1 aliphatic heterocycles. The fraction of sp³-hybridized carbons (Fsp3) is 0.429. The second-order valence-electron chi connectivity index (χ2n) is 4.79. The number of hydrogen-bond donors (Lipinski definition) is 2. The maximum absolute atomic E-state index is 12.7. The molecule has 1 aromatic rings. The van der Waals surface area contributed by atoms with Gasteiger partial charge in [-0.1, -0.05) is 22.0 Å². The molecule has 1 unspecified atom stereocenters. The van der Waals surface area contributed by atoms with E-state index in [0.29, 0.717) is 25.2 Å². The Kier molecular flexibility index (Phi) is 4.77. The number of halogens is 1. The van der Waals surface area contributed by atoms with Gasteiger partial charge in [0.05, 0.1) is 0 Å². The largest absolute Gasteiger partial charge is 0.357 e. The molecule has 1 aromatic carbocycles. The lowest BCUT2D eigenvalue weighted by Crippen LogP contribution is -2.59. The number of amides is 2. The Bertz CT molecular complexity index is 533. The number of piperazine rings is 1. The molecule has 5 nitrogen and oxygen atoms in total. The van der Waals surface area contributed by atoms with E-state index in [4.69, 9.17) is 0 Å². The predicted molar refractivity (Wildman–Crippen MR) is 80.6 cm³/mol. The summed E-state index contributed by atoms with van der Waals surface area (Å²) in [6, 6.07) is 5.15. The maximum atomic E-state index is 12.7. The van der Waals surface area contributed by atoms with E-state index in [1.54, 1.807) is 18.0 Å². The van der Waals surface area contributed by atoms with Gasteiger partial charge in [-0.25, -0.2) is 0 Å². The molecule has 1 atom stereocenters. The van der Waals surface area contributed by atoms with Gasteiger partial charge in [0.25, 0.3) is 5.91 Å². The molecule has 0 aromatic heterocycles. The quantitative estimate of drug-likeness (QED) is 0.842. The summed E-state index contributed by atoms with van der Waals surface area (Å²) in [5.74, 6) is -0.239. The zero-order valence-corrected chi connectivity index (χ0v) is 13.2. The van der Waals surface area contributed by atoms with Gasteiger partial charge in [-0.05, 0) is 24.6 Å². The van der Waals surface area contributed by atoms with Crippen molar-refractivity contribution in [1.82, 2.24) is 15.5 Å². The van der Waals surface area contributed by atoms with Crippen LogP contribution in [0.3, 0.4) is 0 Å². The highest BCUT2D eigenvalue weighted by Crippen LogP contribution is 2.19. The van der Waals surface area contributed by atoms with E-state index in [9.17, 15) is 9.59 Å². The number of likely N-dealkylation sites (N-methyl/N-ethyl adjacent to an activating group) is 1. The first-order valence-electron chi connectivity index (χ1n) is 6.54. The van der Waals surface area contributed by atoms with Gasteiger partial charge in [-0.3, -0.25) is 9.59 Å². The Hall–Kier alpha value is -1.40. The van der Waals surface area contributed by atoms with Gasteiger partial charge in [-0.15, -0.1) is 0 Å². The molecule has 0 saturated carbocycles. The van der Waals surface area contributed by atoms with E-state index in [2.05, 4.69) is 26.6 Å². The number of nitrogens with zero attached hydrogens (tertiary/aromatic N) is 1. The SMILES string of the molecule is CNC(=O)C1CNCCN1C(=O)c1cc(Br)ccc1C. The molecule has 0 spiro atoms. The topological polar surface area (TPSA) is 61.4 Å². The van der Waals surface area contributed by atoms with Crippen molar-refractivity contribution in [1.29, 1.82) is 0 Å². The van der Waals surface area contributed by atoms with Gasteiger partial charge in [0.15, 0.2) is 0 Å². The highest BCUT2D eigenvalue weighted by Gasteiger charge is 2.32. The molecule has 108 valence electrons. The average Bonchev–Trinajstić information content (AvgIpc) is 2.48. The van der Waals surface area contributed by atoms with Crippen LogP contribution in [0.15, 0.2) is 22.7 Å². The van der Waals surface area contributed by atoms with Crippen LogP contribution in [0, 0.1) is 6.92 Å². The maximum Gasteiger partial charge on any atom is 0.254 e. The first-order valence-corrected chi connectivity index (χ1v) is 7.33. The lowest BCUT2D eigenvalue weighted by atomic mass is 10.1. The van der Waals surface area contributed by atoms with Crippen LogP contribution >= 0.6 is 15.9 Å². The van der Waals surface area contributed by atoms with E-state index in [1.807, 2.05) is 19.1 Å². The standard InChI is InChI=1S/C14H18BrN3O2/c1-9-3-4-10(15)7-11(9)14(20)18-6-5-17-8-12(18)13(19)16-2/h3-4,7,12,17H,5-6,8H2,1-2H3,(H,16,19). The van der Waals surface area contributed by atoms with Crippen LogP contribution in [-0.2, 0) is 4.79 Å². The molecular weight excluding hydrogens is 322 g/mol. The third-order valence-corrected chi connectivity index (χ3v) is 3.98. The van der Waals surface area contributed by atoms with Crippen molar-refractivity contribution in [2.45, 2.75) is 13.0 Å². The van der Waals surface area contributed by atoms with Crippen LogP contribution in [0.5, 0.6) is 0 Å². The molecule has 6 heteroatoms. The summed E-state index contributed by atoms with van der Waals surface area (Å²) in [6.07, 6.45) is 0. The van der Waals surface area contributed by atoms with Crippen LogP contribution in [0.2, 0.25) is 0 Å². The van der Waals surface area contributed by atoms with E-state index >= 15 is 0 Å². The van der Waals surface area contributed by atoms with Gasteiger partial charge in [0.2, 0.25) is 5.91 Å². The van der Waals surface area contributed by atoms with E-state index < -0.39 is 6.04 Å². The monoisotopic (exact) mass is 339 g/mol. The lowest BCUT2D eigenvalue weighted by molar-refractivity contribution is -0.125. The molecule has 2 rings (SSSR count). The zero-order chi connectivity index (χ0) is 14.7. The number of hydrogen-bond acceptors (Lipinski definition) is 3. The summed E-state index contributed by atoms with van der Waals surface area (Å²) >= 11 is 3.38. The van der Waals surface area contributed by atoms with Gasteiger partial charge in [-0.2, -0.15) is 0 Å². The average molecular weight is 340 g/mol. The molecule has 2 N–H and O–H groups in total. The van der Waals surface area contributed by atoms with Crippen LogP contribution in [0.4, 0.5) is 0 Å². The first-order chi connectivity index (χ1) is 9.54. The molecule has 0 radical (unpaired) electrons. The van der Waals surface area contributed by atoms with Crippen molar-refractivity contribution in [2.24, 2.45) is 0 Å². The Labute approximate surface area is 126 Å². The second kappa shape index (κ2) is 6.37. The molecule has 0 aliphatic carbocycles. The molecule has 20 heavy (non-hydrogen) atoms. The normalized spacial score (nSPS) is 18.8. The van der Waals surface area contributed by atoms with Crippen LogP contribution in [0.25, 0.3) is 0 Å². The number of benzene rings is 1. The predicted octanol–water partition coefficient (Wildman–Crippen LogP) is 0.918. The van der Waals surface area contributed by atoms with E-state index in [-0.39, 0.29) is 11.8 Å². The van der Waals surface area contributed by atoms with Gasteiger partial charge < -0.3 is 15.5 Å². The summed E-state index contributed by atoms with van der Waals surface area (Å²) in [7, 11) is 1.59. The summed E-state index contributed by atoms with van der Waals surface area (Å²) in [5, 5.41) is 5.76. The lowest BCUT2D eigenvalue weighted by Gasteiger charge is -2.35. The van der Waals surface area contributed by atoms with Crippen molar-refractivity contribution in [2.75, 3.05) is 26.7 Å². The van der Waals surface area contributed by atoms with Crippen molar-refractivity contribution >= 4 is 27.7 Å². The van der Waals surface area contributed by atoms with Crippen LogP contribution < -0.4 is 10.6 Å². The van der Waals surface area contributed by atoms with Gasteiger partial charge in [0.1, 0.15) is 6.04 Å². The van der Waals surface area contributed by atoms with Crippen molar-refractivity contribution in [3.63, 3.8) is 0 Å². The third-order valence-electron chi connectivity index (χ3n) is 3.48. The summed E-state index contributed by atoms with van der Waals surface area (Å²) in [4.78, 5) is 26.3. The number of rotatable bonds is 2. The highest BCUT2D eigenvalue weighted by molar-refractivity contribution is 9.10. The minimum Gasteiger partial charge on any atom is -0.357 e.